The second kappa shape index (κ2) is 6.82. The van der Waals surface area contributed by atoms with Crippen LogP contribution in [0.3, 0.4) is 0 Å². The predicted molar refractivity (Wildman–Crippen MR) is 73.6 cm³/mol. The van der Waals surface area contributed by atoms with Crippen LogP contribution < -0.4 is 10.6 Å². The van der Waals surface area contributed by atoms with Crippen LogP contribution in [0.1, 0.15) is 29.4 Å². The van der Waals surface area contributed by atoms with Crippen LogP contribution in [0.15, 0.2) is 6.20 Å². The van der Waals surface area contributed by atoms with Gasteiger partial charge in [0.25, 0.3) is 0 Å². The van der Waals surface area contributed by atoms with Crippen molar-refractivity contribution in [1.29, 1.82) is 0 Å². The van der Waals surface area contributed by atoms with Crippen molar-refractivity contribution in [3.8, 4) is 0 Å². The van der Waals surface area contributed by atoms with Gasteiger partial charge in [-0.3, -0.25) is 9.59 Å². The summed E-state index contributed by atoms with van der Waals surface area (Å²) in [6.45, 7) is 3.19. The zero-order chi connectivity index (χ0) is 12.3. The van der Waals surface area contributed by atoms with E-state index in [1.165, 1.54) is 24.5 Å². The van der Waals surface area contributed by atoms with E-state index < -0.39 is 0 Å². The topological polar surface area (TPSA) is 71.1 Å². The van der Waals surface area contributed by atoms with Crippen molar-refractivity contribution < 1.29 is 9.59 Å². The monoisotopic (exact) mass is 289 g/mol. The van der Waals surface area contributed by atoms with Gasteiger partial charge >= 0.3 is 0 Å². The molecule has 1 fully saturated rings. The SMILES string of the molecule is CC(=O)c1cnc(NC(=O)C2CCCNC2)s1.Cl. The Morgan fingerprint density at radius 3 is 2.89 bits per heavy atom. The third kappa shape index (κ3) is 3.76. The molecule has 18 heavy (non-hydrogen) atoms. The zero-order valence-electron chi connectivity index (χ0n) is 10.1. The predicted octanol–water partition coefficient (Wildman–Crippen LogP) is 1.71. The molecule has 1 aliphatic heterocycles. The van der Waals surface area contributed by atoms with E-state index in [1.807, 2.05) is 0 Å². The van der Waals surface area contributed by atoms with Crippen LogP contribution in [0.2, 0.25) is 0 Å². The van der Waals surface area contributed by atoms with E-state index in [-0.39, 0.29) is 30.0 Å². The van der Waals surface area contributed by atoms with E-state index in [4.69, 9.17) is 0 Å². The minimum Gasteiger partial charge on any atom is -0.316 e. The molecule has 1 aliphatic rings. The lowest BCUT2D eigenvalue weighted by Crippen LogP contribution is -2.37. The lowest BCUT2D eigenvalue weighted by molar-refractivity contribution is -0.120. The summed E-state index contributed by atoms with van der Waals surface area (Å²) in [4.78, 5) is 27.6. The minimum absolute atomic E-state index is 0. The summed E-state index contributed by atoms with van der Waals surface area (Å²) in [6.07, 6.45) is 3.43. The number of nitrogens with zero attached hydrogens (tertiary/aromatic N) is 1. The second-order valence-corrected chi connectivity index (χ2v) is 5.15. The molecule has 1 aromatic rings. The summed E-state index contributed by atoms with van der Waals surface area (Å²) < 4.78 is 0. The second-order valence-electron chi connectivity index (χ2n) is 4.12. The van der Waals surface area contributed by atoms with Gasteiger partial charge in [-0.05, 0) is 19.4 Å². The van der Waals surface area contributed by atoms with Crippen molar-refractivity contribution in [2.24, 2.45) is 5.92 Å². The van der Waals surface area contributed by atoms with Crippen LogP contribution in [0.4, 0.5) is 5.13 Å². The van der Waals surface area contributed by atoms with E-state index in [0.717, 1.165) is 25.9 Å². The van der Waals surface area contributed by atoms with Crippen LogP contribution in [0, 0.1) is 5.92 Å². The minimum atomic E-state index is -0.0256. The Balaban J connectivity index is 0.00000162. The zero-order valence-corrected chi connectivity index (χ0v) is 11.7. The summed E-state index contributed by atoms with van der Waals surface area (Å²) in [5.41, 5.74) is 0. The Kier molecular flexibility index (Phi) is 5.71. The quantitative estimate of drug-likeness (QED) is 0.831. The molecular formula is C11H16ClN3O2S. The van der Waals surface area contributed by atoms with Crippen LogP contribution in [-0.4, -0.2) is 29.8 Å². The molecule has 2 N–H and O–H groups in total. The van der Waals surface area contributed by atoms with Gasteiger partial charge in [0.1, 0.15) is 0 Å². The first kappa shape index (κ1) is 15.1. The highest BCUT2D eigenvalue weighted by Gasteiger charge is 2.21. The number of ketones is 1. The number of thiazole rings is 1. The molecule has 1 aromatic heterocycles. The molecule has 1 saturated heterocycles. The van der Waals surface area contributed by atoms with Gasteiger partial charge in [-0.15, -0.1) is 12.4 Å². The van der Waals surface area contributed by atoms with Crippen LogP contribution in [0.5, 0.6) is 0 Å². The molecule has 0 saturated carbocycles. The highest BCUT2D eigenvalue weighted by Crippen LogP contribution is 2.20. The van der Waals surface area contributed by atoms with E-state index in [0.29, 0.717) is 10.0 Å². The first-order chi connectivity index (χ1) is 8.16. The van der Waals surface area contributed by atoms with E-state index >= 15 is 0 Å². The van der Waals surface area contributed by atoms with Crippen LogP contribution in [-0.2, 0) is 4.79 Å². The van der Waals surface area contributed by atoms with Gasteiger partial charge in [-0.2, -0.15) is 0 Å². The van der Waals surface area contributed by atoms with Crippen molar-refractivity contribution in [2.45, 2.75) is 19.8 Å². The number of carbonyl (C=O) groups is 2. The number of anilines is 1. The van der Waals surface area contributed by atoms with Gasteiger partial charge in [0, 0.05) is 13.5 Å². The molecule has 5 nitrogen and oxygen atoms in total. The Bertz CT molecular complexity index is 430. The largest absolute Gasteiger partial charge is 0.316 e. The standard InChI is InChI=1S/C11H15N3O2S.ClH/c1-7(15)9-6-13-11(17-9)14-10(16)8-3-2-4-12-5-8;/h6,8,12H,2-5H2,1H3,(H,13,14,16);1H. The number of aromatic nitrogens is 1. The first-order valence-electron chi connectivity index (χ1n) is 5.65. The van der Waals surface area contributed by atoms with Crippen molar-refractivity contribution >= 4 is 40.6 Å². The molecule has 1 amide bonds. The number of Topliss-reactive ketones (excluding diaryl/α,β-unsaturated/α-hetero) is 1. The molecule has 1 unspecified atom stereocenters. The average Bonchev–Trinajstić information content (AvgIpc) is 2.79. The maximum Gasteiger partial charge on any atom is 0.230 e. The summed E-state index contributed by atoms with van der Waals surface area (Å²) in [6, 6.07) is 0. The number of nitrogens with one attached hydrogen (secondary N) is 2. The number of piperidine rings is 1. The smallest absolute Gasteiger partial charge is 0.230 e. The molecule has 100 valence electrons. The third-order valence-electron chi connectivity index (χ3n) is 2.75. The molecule has 0 radical (unpaired) electrons. The van der Waals surface area contributed by atoms with Gasteiger partial charge in [0.2, 0.25) is 5.91 Å². The molecule has 0 spiro atoms. The number of hydrogen-bond acceptors (Lipinski definition) is 5. The first-order valence-corrected chi connectivity index (χ1v) is 6.47. The number of carbonyl (C=O) groups excluding carboxylic acids is 2. The fourth-order valence-electron chi connectivity index (χ4n) is 1.78. The van der Waals surface area contributed by atoms with E-state index in [9.17, 15) is 9.59 Å². The highest BCUT2D eigenvalue weighted by atomic mass is 35.5. The van der Waals surface area contributed by atoms with E-state index in [2.05, 4.69) is 15.6 Å². The molecular weight excluding hydrogens is 274 g/mol. The van der Waals surface area contributed by atoms with Crippen LogP contribution in [0.25, 0.3) is 0 Å². The Hall–Kier alpha value is -0.980. The summed E-state index contributed by atoms with van der Waals surface area (Å²) in [7, 11) is 0. The number of halogens is 1. The molecule has 2 heterocycles. The maximum atomic E-state index is 11.9. The number of rotatable bonds is 3. The van der Waals surface area contributed by atoms with Gasteiger partial charge in [0.15, 0.2) is 10.9 Å². The van der Waals surface area contributed by atoms with Crippen molar-refractivity contribution in [3.05, 3.63) is 11.1 Å². The lowest BCUT2D eigenvalue weighted by Gasteiger charge is -2.21. The Labute approximate surface area is 116 Å². The van der Waals surface area contributed by atoms with Crippen LogP contribution >= 0.6 is 23.7 Å². The van der Waals surface area contributed by atoms with E-state index in [1.54, 1.807) is 0 Å². The molecule has 0 aromatic carbocycles. The molecule has 0 bridgehead atoms. The van der Waals surface area contributed by atoms with Gasteiger partial charge in [0.05, 0.1) is 17.0 Å². The highest BCUT2D eigenvalue weighted by molar-refractivity contribution is 7.17. The number of hydrogen-bond donors (Lipinski definition) is 2. The summed E-state index contributed by atoms with van der Waals surface area (Å²) in [5.74, 6) is -0.0302. The maximum absolute atomic E-state index is 11.9. The molecule has 1 atom stereocenters. The average molecular weight is 290 g/mol. The molecule has 2 rings (SSSR count). The van der Waals surface area contributed by atoms with Gasteiger partial charge < -0.3 is 10.6 Å². The van der Waals surface area contributed by atoms with Crippen molar-refractivity contribution in [1.82, 2.24) is 10.3 Å². The fraction of sp³-hybridized carbons (Fsp3) is 0.545. The van der Waals surface area contributed by atoms with Gasteiger partial charge in [-0.25, -0.2) is 4.98 Å². The van der Waals surface area contributed by atoms with Crippen molar-refractivity contribution in [3.63, 3.8) is 0 Å². The van der Waals surface area contributed by atoms with Crippen molar-refractivity contribution in [2.75, 3.05) is 18.4 Å². The fourth-order valence-corrected chi connectivity index (χ4v) is 2.49. The normalized spacial score (nSPS) is 18.8. The Morgan fingerprint density at radius 2 is 2.33 bits per heavy atom. The molecule has 0 aliphatic carbocycles. The third-order valence-corrected chi connectivity index (χ3v) is 3.76. The number of amides is 1. The molecule has 7 heteroatoms. The lowest BCUT2D eigenvalue weighted by atomic mass is 9.99. The summed E-state index contributed by atoms with van der Waals surface area (Å²) in [5, 5.41) is 6.46. The van der Waals surface area contributed by atoms with Gasteiger partial charge in [-0.1, -0.05) is 11.3 Å². The Morgan fingerprint density at radius 1 is 1.56 bits per heavy atom. The summed E-state index contributed by atoms with van der Waals surface area (Å²) >= 11 is 1.22.